The lowest BCUT2D eigenvalue weighted by molar-refractivity contribution is 0.736. The van der Waals surface area contributed by atoms with Gasteiger partial charge in [0.15, 0.2) is 0 Å². The molecule has 0 saturated heterocycles. The van der Waals surface area contributed by atoms with Gasteiger partial charge in [-0.05, 0) is 12.1 Å². The molecule has 64 valence electrons. The zero-order valence-electron chi connectivity index (χ0n) is 7.65. The molecule has 0 unspecified atom stereocenters. The van der Waals surface area contributed by atoms with Gasteiger partial charge < -0.3 is 0 Å². The lowest BCUT2D eigenvalue weighted by Gasteiger charge is -1.87. The van der Waals surface area contributed by atoms with Crippen molar-refractivity contribution in [1.29, 1.82) is 0 Å². The number of hydrogen-bond donors (Lipinski definition) is 0. The van der Waals surface area contributed by atoms with Gasteiger partial charge >= 0.3 is 0 Å². The number of aromatic nitrogens is 3. The smallest absolute Gasteiger partial charge is 0.113 e. The fourth-order valence-electron chi connectivity index (χ4n) is 0.986. The lowest BCUT2D eigenvalue weighted by atomic mass is 10.3. The Kier molecular flexibility index (Phi) is 2.80. The highest BCUT2D eigenvalue weighted by atomic mass is 15.4. The van der Waals surface area contributed by atoms with E-state index in [4.69, 9.17) is 0 Å². The van der Waals surface area contributed by atoms with Crippen LogP contribution in [0.4, 0.5) is 0 Å². The second-order valence-electron chi connectivity index (χ2n) is 2.20. The van der Waals surface area contributed by atoms with Crippen LogP contribution in [0.1, 0.15) is 13.8 Å². The Morgan fingerprint density at radius 1 is 1.17 bits per heavy atom. The van der Waals surface area contributed by atoms with Gasteiger partial charge in [-0.1, -0.05) is 31.2 Å². The Balaban J connectivity index is 0.000000336. The number of hydrogen-bond acceptors (Lipinski definition) is 2. The minimum absolute atomic E-state index is 0.949. The number of nitrogens with zero attached hydrogens (tertiary/aromatic N) is 3. The van der Waals surface area contributed by atoms with Crippen molar-refractivity contribution in [2.45, 2.75) is 13.8 Å². The molecule has 2 aromatic rings. The Hall–Kier alpha value is -1.38. The van der Waals surface area contributed by atoms with Crippen LogP contribution < -0.4 is 0 Å². The van der Waals surface area contributed by atoms with E-state index in [0.29, 0.717) is 0 Å². The second-order valence-corrected chi connectivity index (χ2v) is 2.20. The number of fused-ring (bicyclic) bond motifs is 1. The molecule has 0 bridgehead atoms. The topological polar surface area (TPSA) is 30.7 Å². The lowest BCUT2D eigenvalue weighted by Crippen LogP contribution is -1.88. The summed E-state index contributed by atoms with van der Waals surface area (Å²) >= 11 is 0. The third-order valence-electron chi connectivity index (χ3n) is 1.52. The second kappa shape index (κ2) is 3.85. The van der Waals surface area contributed by atoms with Crippen LogP contribution >= 0.6 is 0 Å². The van der Waals surface area contributed by atoms with Crippen LogP contribution in [0.5, 0.6) is 0 Å². The fourth-order valence-corrected chi connectivity index (χ4v) is 0.986. The molecule has 1 aromatic carbocycles. The fraction of sp³-hybridized carbons (Fsp3) is 0.333. The van der Waals surface area contributed by atoms with Gasteiger partial charge in [0.1, 0.15) is 5.52 Å². The molecule has 12 heavy (non-hydrogen) atoms. The summed E-state index contributed by atoms with van der Waals surface area (Å²) in [6, 6.07) is 7.88. The van der Waals surface area contributed by atoms with Crippen LogP contribution in [0.25, 0.3) is 11.0 Å². The first-order valence-electron chi connectivity index (χ1n) is 4.12. The highest BCUT2D eigenvalue weighted by molar-refractivity contribution is 5.73. The van der Waals surface area contributed by atoms with Crippen molar-refractivity contribution in [2.24, 2.45) is 7.05 Å². The largest absolute Gasteiger partial charge is 0.248 e. The SMILES string of the molecule is CC.Cn1nnc2ccccc21. The molecule has 0 atom stereocenters. The summed E-state index contributed by atoms with van der Waals surface area (Å²) < 4.78 is 1.76. The predicted octanol–water partition coefficient (Wildman–Crippen LogP) is 1.99. The summed E-state index contributed by atoms with van der Waals surface area (Å²) in [4.78, 5) is 0. The van der Waals surface area contributed by atoms with Crippen molar-refractivity contribution >= 4 is 11.0 Å². The summed E-state index contributed by atoms with van der Waals surface area (Å²) in [7, 11) is 1.88. The standard InChI is InChI=1S/C7H7N3.C2H6/c1-10-7-5-3-2-4-6(7)8-9-10;1-2/h2-5H,1H3;1-2H3. The molecule has 0 radical (unpaired) electrons. The highest BCUT2D eigenvalue weighted by Gasteiger charge is 1.95. The van der Waals surface area contributed by atoms with Gasteiger partial charge in [-0.2, -0.15) is 0 Å². The van der Waals surface area contributed by atoms with Crippen LogP contribution in [-0.4, -0.2) is 15.0 Å². The van der Waals surface area contributed by atoms with Crippen LogP contribution in [0.3, 0.4) is 0 Å². The molecule has 0 spiro atoms. The molecule has 0 fully saturated rings. The van der Waals surface area contributed by atoms with Crippen LogP contribution in [-0.2, 0) is 7.05 Å². The van der Waals surface area contributed by atoms with Crippen LogP contribution in [0, 0.1) is 0 Å². The molecule has 0 N–H and O–H groups in total. The molecular weight excluding hydrogens is 150 g/mol. The first-order valence-corrected chi connectivity index (χ1v) is 4.12. The molecule has 0 aliphatic heterocycles. The van der Waals surface area contributed by atoms with Crippen molar-refractivity contribution in [3.05, 3.63) is 24.3 Å². The van der Waals surface area contributed by atoms with E-state index in [1.807, 2.05) is 45.2 Å². The first kappa shape index (κ1) is 8.71. The third kappa shape index (κ3) is 1.44. The molecule has 0 aliphatic carbocycles. The van der Waals surface area contributed by atoms with Crippen molar-refractivity contribution in [3.63, 3.8) is 0 Å². The van der Waals surface area contributed by atoms with Crippen molar-refractivity contribution in [3.8, 4) is 0 Å². The van der Waals surface area contributed by atoms with Crippen LogP contribution in [0.15, 0.2) is 24.3 Å². The Bertz CT molecular complexity index is 351. The minimum Gasteiger partial charge on any atom is -0.248 e. The minimum atomic E-state index is 0.949. The summed E-state index contributed by atoms with van der Waals surface area (Å²) in [6.07, 6.45) is 0. The highest BCUT2D eigenvalue weighted by Crippen LogP contribution is 2.06. The van der Waals surface area contributed by atoms with Gasteiger partial charge in [0, 0.05) is 7.05 Å². The average Bonchev–Trinajstić information content (AvgIpc) is 2.53. The summed E-state index contributed by atoms with van der Waals surface area (Å²) in [5, 5.41) is 7.79. The monoisotopic (exact) mass is 163 g/mol. The predicted molar refractivity (Wildman–Crippen MR) is 49.9 cm³/mol. The van der Waals surface area contributed by atoms with Gasteiger partial charge in [0.05, 0.1) is 5.52 Å². The maximum atomic E-state index is 3.93. The van der Waals surface area contributed by atoms with Crippen molar-refractivity contribution < 1.29 is 0 Å². The van der Waals surface area contributed by atoms with Gasteiger partial charge in [-0.25, -0.2) is 4.68 Å². The van der Waals surface area contributed by atoms with Crippen molar-refractivity contribution in [2.75, 3.05) is 0 Å². The normalized spacial score (nSPS) is 9.25. The van der Waals surface area contributed by atoms with E-state index in [0.717, 1.165) is 11.0 Å². The van der Waals surface area contributed by atoms with E-state index < -0.39 is 0 Å². The zero-order valence-corrected chi connectivity index (χ0v) is 7.65. The van der Waals surface area contributed by atoms with E-state index in [1.54, 1.807) is 4.68 Å². The number of rotatable bonds is 0. The van der Waals surface area contributed by atoms with Gasteiger partial charge in [0.2, 0.25) is 0 Å². The van der Waals surface area contributed by atoms with E-state index in [9.17, 15) is 0 Å². The quantitative estimate of drug-likeness (QED) is 0.594. The molecule has 1 aromatic heterocycles. The van der Waals surface area contributed by atoms with E-state index in [-0.39, 0.29) is 0 Å². The Morgan fingerprint density at radius 3 is 2.50 bits per heavy atom. The molecular formula is C9H13N3. The summed E-state index contributed by atoms with van der Waals surface area (Å²) in [5.41, 5.74) is 2.02. The van der Waals surface area contributed by atoms with E-state index in [2.05, 4.69) is 10.3 Å². The molecule has 0 saturated carbocycles. The first-order chi connectivity index (χ1) is 5.88. The summed E-state index contributed by atoms with van der Waals surface area (Å²) in [6.45, 7) is 4.00. The molecule has 3 nitrogen and oxygen atoms in total. The number of benzene rings is 1. The molecule has 0 amide bonds. The van der Waals surface area contributed by atoms with E-state index in [1.165, 1.54) is 0 Å². The molecule has 2 rings (SSSR count). The Labute approximate surface area is 72.0 Å². The van der Waals surface area contributed by atoms with Gasteiger partial charge in [0.25, 0.3) is 0 Å². The van der Waals surface area contributed by atoms with Gasteiger partial charge in [-0.3, -0.25) is 0 Å². The summed E-state index contributed by atoms with van der Waals surface area (Å²) in [5.74, 6) is 0. The van der Waals surface area contributed by atoms with Crippen LogP contribution in [0.2, 0.25) is 0 Å². The third-order valence-corrected chi connectivity index (χ3v) is 1.52. The average molecular weight is 163 g/mol. The number of aryl methyl sites for hydroxylation is 1. The maximum Gasteiger partial charge on any atom is 0.113 e. The molecule has 0 aliphatic rings. The van der Waals surface area contributed by atoms with Gasteiger partial charge in [-0.15, -0.1) is 5.10 Å². The van der Waals surface area contributed by atoms with E-state index >= 15 is 0 Å². The number of para-hydroxylation sites is 1. The van der Waals surface area contributed by atoms with Crippen molar-refractivity contribution in [1.82, 2.24) is 15.0 Å². The maximum absolute atomic E-state index is 3.93. The molecule has 1 heterocycles. The zero-order chi connectivity index (χ0) is 8.97. The molecule has 3 heteroatoms. The Morgan fingerprint density at radius 2 is 1.83 bits per heavy atom.